The summed E-state index contributed by atoms with van der Waals surface area (Å²) in [5, 5.41) is 0. The van der Waals surface area contributed by atoms with Gasteiger partial charge in [-0.1, -0.05) is 6.07 Å². The molecule has 1 heterocycles. The number of halogens is 1. The quantitative estimate of drug-likeness (QED) is 0.917. The van der Waals surface area contributed by atoms with Crippen molar-refractivity contribution in [2.45, 2.75) is 17.9 Å². The van der Waals surface area contributed by atoms with Crippen LogP contribution in [0.4, 0.5) is 4.39 Å². The molecule has 2 rings (SSSR count). The molecular formula is C12H17FN2O2S2. The molecule has 1 fully saturated rings. The van der Waals surface area contributed by atoms with E-state index in [1.54, 1.807) is 11.8 Å². The lowest BCUT2D eigenvalue weighted by Gasteiger charge is -2.20. The Morgan fingerprint density at radius 3 is 2.84 bits per heavy atom. The molecule has 0 amide bonds. The molecule has 0 unspecified atom stereocenters. The largest absolute Gasteiger partial charge is 0.326 e. The molecule has 1 saturated heterocycles. The molecule has 7 heteroatoms. The first-order valence-electron chi connectivity index (χ1n) is 6.12. The number of hydrogen-bond donors (Lipinski definition) is 1. The SMILES string of the molecule is NCc1ccc(F)c(S(=O)(=O)N2CCCSCC2)c1. The molecule has 1 aliphatic heterocycles. The number of nitrogens with zero attached hydrogens (tertiary/aromatic N) is 1. The number of hydrogen-bond acceptors (Lipinski definition) is 4. The minimum absolute atomic E-state index is 0.193. The van der Waals surface area contributed by atoms with Crippen LogP contribution in [-0.2, 0) is 16.6 Å². The summed E-state index contributed by atoms with van der Waals surface area (Å²) in [4.78, 5) is -0.262. The van der Waals surface area contributed by atoms with E-state index in [9.17, 15) is 12.8 Å². The van der Waals surface area contributed by atoms with Crippen LogP contribution in [0, 0.1) is 5.82 Å². The van der Waals surface area contributed by atoms with Crippen LogP contribution in [0.2, 0.25) is 0 Å². The fourth-order valence-electron chi connectivity index (χ4n) is 1.98. The van der Waals surface area contributed by atoms with E-state index in [4.69, 9.17) is 5.73 Å². The van der Waals surface area contributed by atoms with Crippen molar-refractivity contribution in [2.75, 3.05) is 24.6 Å². The molecule has 0 atom stereocenters. The number of nitrogens with two attached hydrogens (primary N) is 1. The lowest BCUT2D eigenvalue weighted by Crippen LogP contribution is -2.33. The molecule has 0 saturated carbocycles. The maximum Gasteiger partial charge on any atom is 0.246 e. The Morgan fingerprint density at radius 2 is 2.11 bits per heavy atom. The van der Waals surface area contributed by atoms with Crippen molar-refractivity contribution in [2.24, 2.45) is 5.73 Å². The summed E-state index contributed by atoms with van der Waals surface area (Å²) in [6.07, 6.45) is 0.794. The van der Waals surface area contributed by atoms with Gasteiger partial charge < -0.3 is 5.73 Å². The minimum Gasteiger partial charge on any atom is -0.326 e. The zero-order chi connectivity index (χ0) is 13.9. The van der Waals surface area contributed by atoms with Gasteiger partial charge in [-0.3, -0.25) is 0 Å². The van der Waals surface area contributed by atoms with Gasteiger partial charge in [-0.15, -0.1) is 0 Å². The number of thioether (sulfide) groups is 1. The van der Waals surface area contributed by atoms with Crippen LogP contribution in [0.25, 0.3) is 0 Å². The third-order valence-electron chi connectivity index (χ3n) is 3.03. The first kappa shape index (κ1) is 14.8. The number of benzene rings is 1. The van der Waals surface area contributed by atoms with Gasteiger partial charge in [-0.05, 0) is 29.9 Å². The summed E-state index contributed by atoms with van der Waals surface area (Å²) >= 11 is 1.72. The van der Waals surface area contributed by atoms with Crippen molar-refractivity contribution in [3.63, 3.8) is 0 Å². The fourth-order valence-corrected chi connectivity index (χ4v) is 4.57. The third-order valence-corrected chi connectivity index (χ3v) is 5.99. The average molecular weight is 304 g/mol. The van der Waals surface area contributed by atoms with E-state index in [1.807, 2.05) is 0 Å². The molecule has 106 valence electrons. The second kappa shape index (κ2) is 6.21. The highest BCUT2D eigenvalue weighted by Gasteiger charge is 2.28. The first-order valence-corrected chi connectivity index (χ1v) is 8.71. The van der Waals surface area contributed by atoms with Crippen LogP contribution < -0.4 is 5.73 Å². The Balaban J connectivity index is 2.37. The van der Waals surface area contributed by atoms with Gasteiger partial charge in [0.15, 0.2) is 0 Å². The van der Waals surface area contributed by atoms with Crippen molar-refractivity contribution in [1.82, 2.24) is 4.31 Å². The molecule has 0 radical (unpaired) electrons. The molecule has 2 N–H and O–H groups in total. The zero-order valence-corrected chi connectivity index (χ0v) is 12.1. The predicted molar refractivity (Wildman–Crippen MR) is 75.0 cm³/mol. The second-order valence-electron chi connectivity index (χ2n) is 4.34. The molecule has 0 bridgehead atoms. The summed E-state index contributed by atoms with van der Waals surface area (Å²) in [5.41, 5.74) is 6.10. The molecule has 0 aromatic heterocycles. The van der Waals surface area contributed by atoms with Crippen molar-refractivity contribution in [3.8, 4) is 0 Å². The normalized spacial score (nSPS) is 18.2. The van der Waals surface area contributed by atoms with Crippen LogP contribution >= 0.6 is 11.8 Å². The monoisotopic (exact) mass is 304 g/mol. The van der Waals surface area contributed by atoms with Gasteiger partial charge in [0.25, 0.3) is 0 Å². The van der Waals surface area contributed by atoms with Gasteiger partial charge in [0, 0.05) is 25.4 Å². The Kier molecular flexibility index (Phi) is 4.83. The molecular weight excluding hydrogens is 287 g/mol. The maximum absolute atomic E-state index is 13.8. The van der Waals surface area contributed by atoms with E-state index in [2.05, 4.69) is 0 Å². The molecule has 0 spiro atoms. The van der Waals surface area contributed by atoms with Gasteiger partial charge in [0.05, 0.1) is 0 Å². The molecule has 1 aromatic rings. The summed E-state index contributed by atoms with van der Waals surface area (Å²) in [6.45, 7) is 1.07. The van der Waals surface area contributed by atoms with E-state index in [0.717, 1.165) is 17.9 Å². The van der Waals surface area contributed by atoms with Crippen LogP contribution in [0.15, 0.2) is 23.1 Å². The molecule has 1 aliphatic rings. The van der Waals surface area contributed by atoms with Crippen LogP contribution in [0.1, 0.15) is 12.0 Å². The third kappa shape index (κ3) is 3.28. The van der Waals surface area contributed by atoms with E-state index in [0.29, 0.717) is 18.7 Å². The van der Waals surface area contributed by atoms with Crippen molar-refractivity contribution in [3.05, 3.63) is 29.6 Å². The first-order chi connectivity index (χ1) is 9.05. The van der Waals surface area contributed by atoms with E-state index < -0.39 is 15.8 Å². The van der Waals surface area contributed by atoms with E-state index in [1.165, 1.54) is 22.5 Å². The smallest absolute Gasteiger partial charge is 0.246 e. The highest BCUT2D eigenvalue weighted by Crippen LogP contribution is 2.23. The van der Waals surface area contributed by atoms with Crippen LogP contribution in [0.3, 0.4) is 0 Å². The zero-order valence-electron chi connectivity index (χ0n) is 10.5. The lowest BCUT2D eigenvalue weighted by molar-refractivity contribution is 0.430. The summed E-state index contributed by atoms with van der Waals surface area (Å²) < 4.78 is 40.1. The van der Waals surface area contributed by atoms with Gasteiger partial charge >= 0.3 is 0 Å². The van der Waals surface area contributed by atoms with Gasteiger partial charge in [0.1, 0.15) is 10.7 Å². The summed E-state index contributed by atoms with van der Waals surface area (Å²) in [7, 11) is -3.76. The van der Waals surface area contributed by atoms with Crippen LogP contribution in [-0.4, -0.2) is 37.3 Å². The predicted octanol–water partition coefficient (Wildman–Crippen LogP) is 1.41. The fraction of sp³-hybridized carbons (Fsp3) is 0.500. The topological polar surface area (TPSA) is 63.4 Å². The van der Waals surface area contributed by atoms with Gasteiger partial charge in [0.2, 0.25) is 10.0 Å². The minimum atomic E-state index is -3.76. The Hall–Kier alpha value is -0.630. The summed E-state index contributed by atoms with van der Waals surface area (Å²) in [6, 6.07) is 4.01. The van der Waals surface area contributed by atoms with Gasteiger partial charge in [-0.25, -0.2) is 12.8 Å². The molecule has 4 nitrogen and oxygen atoms in total. The number of rotatable bonds is 3. The molecule has 1 aromatic carbocycles. The molecule has 19 heavy (non-hydrogen) atoms. The Morgan fingerprint density at radius 1 is 1.32 bits per heavy atom. The van der Waals surface area contributed by atoms with Crippen molar-refractivity contribution in [1.29, 1.82) is 0 Å². The Labute approximate surface area is 117 Å². The summed E-state index contributed by atoms with van der Waals surface area (Å²) in [5.74, 6) is 0.975. The van der Waals surface area contributed by atoms with Gasteiger partial charge in [-0.2, -0.15) is 16.1 Å². The highest BCUT2D eigenvalue weighted by molar-refractivity contribution is 7.99. The Bertz CT molecular complexity index is 541. The van der Waals surface area contributed by atoms with E-state index in [-0.39, 0.29) is 11.4 Å². The van der Waals surface area contributed by atoms with Crippen molar-refractivity contribution < 1.29 is 12.8 Å². The second-order valence-corrected chi connectivity index (χ2v) is 7.47. The van der Waals surface area contributed by atoms with Crippen molar-refractivity contribution >= 4 is 21.8 Å². The standard InChI is InChI=1S/C12H17FN2O2S2/c13-11-3-2-10(9-14)8-12(11)19(16,17)15-4-1-6-18-7-5-15/h2-3,8H,1,4-7,9,14H2. The molecule has 0 aliphatic carbocycles. The van der Waals surface area contributed by atoms with Crippen LogP contribution in [0.5, 0.6) is 0 Å². The highest BCUT2D eigenvalue weighted by atomic mass is 32.2. The van der Waals surface area contributed by atoms with E-state index >= 15 is 0 Å². The maximum atomic E-state index is 13.8. The lowest BCUT2D eigenvalue weighted by atomic mass is 10.2. The average Bonchev–Trinajstić information content (AvgIpc) is 2.68. The number of sulfonamides is 1.